The summed E-state index contributed by atoms with van der Waals surface area (Å²) in [5.41, 5.74) is 6.24. The summed E-state index contributed by atoms with van der Waals surface area (Å²) >= 11 is 4.56. The van der Waals surface area contributed by atoms with E-state index in [2.05, 4.69) is 21.2 Å². The molecule has 6 heteroatoms. The summed E-state index contributed by atoms with van der Waals surface area (Å²) in [6.45, 7) is 0. The molecule has 3 nitrogen and oxygen atoms in total. The molecule has 88 valence electrons. The Morgan fingerprint density at radius 1 is 1.35 bits per heavy atom. The number of nitrogens with one attached hydrogen (secondary N) is 1. The summed E-state index contributed by atoms with van der Waals surface area (Å²) in [4.78, 5) is 12.3. The molecule has 0 atom stereocenters. The van der Waals surface area contributed by atoms with Crippen molar-refractivity contribution in [3.05, 3.63) is 44.8 Å². The van der Waals surface area contributed by atoms with Crippen LogP contribution in [-0.4, -0.2) is 5.91 Å². The number of amides is 1. The molecule has 0 spiro atoms. The predicted octanol–water partition coefficient (Wildman–Crippen LogP) is 3.48. The fourth-order valence-corrected chi connectivity index (χ4v) is 2.54. The number of halogens is 2. The third-order valence-corrected chi connectivity index (χ3v) is 3.68. The van der Waals surface area contributed by atoms with Gasteiger partial charge in [0, 0.05) is 0 Å². The molecule has 0 aliphatic heterocycles. The SMILES string of the molecule is Nc1ccc(F)cc1NC(=O)c1ccc(Br)s1. The average molecular weight is 315 g/mol. The molecule has 1 aromatic heterocycles. The van der Waals surface area contributed by atoms with Crippen molar-refractivity contribution >= 4 is 44.5 Å². The summed E-state index contributed by atoms with van der Waals surface area (Å²) in [6, 6.07) is 7.30. The van der Waals surface area contributed by atoms with Gasteiger partial charge < -0.3 is 11.1 Å². The molecule has 1 heterocycles. The van der Waals surface area contributed by atoms with Gasteiger partial charge in [0.1, 0.15) is 5.82 Å². The molecule has 2 rings (SSSR count). The van der Waals surface area contributed by atoms with Crippen LogP contribution in [0.2, 0.25) is 0 Å². The Morgan fingerprint density at radius 3 is 2.76 bits per heavy atom. The minimum absolute atomic E-state index is 0.277. The second-order valence-electron chi connectivity index (χ2n) is 3.29. The van der Waals surface area contributed by atoms with Gasteiger partial charge in [-0.15, -0.1) is 11.3 Å². The summed E-state index contributed by atoms with van der Waals surface area (Å²) in [5, 5.41) is 2.57. The van der Waals surface area contributed by atoms with Crippen LogP contribution in [0.3, 0.4) is 0 Å². The third kappa shape index (κ3) is 2.83. The lowest BCUT2D eigenvalue weighted by Gasteiger charge is -2.06. The highest BCUT2D eigenvalue weighted by atomic mass is 79.9. The summed E-state index contributed by atoms with van der Waals surface area (Å²) in [6.07, 6.45) is 0. The smallest absolute Gasteiger partial charge is 0.265 e. The van der Waals surface area contributed by atoms with Crippen molar-refractivity contribution in [1.29, 1.82) is 0 Å². The molecule has 0 saturated heterocycles. The normalized spacial score (nSPS) is 10.2. The van der Waals surface area contributed by atoms with Crippen LogP contribution in [0.5, 0.6) is 0 Å². The van der Waals surface area contributed by atoms with Gasteiger partial charge in [-0.2, -0.15) is 0 Å². The van der Waals surface area contributed by atoms with E-state index in [1.807, 2.05) is 0 Å². The zero-order chi connectivity index (χ0) is 12.4. The number of nitrogens with two attached hydrogens (primary N) is 1. The fourth-order valence-electron chi connectivity index (χ4n) is 1.26. The van der Waals surface area contributed by atoms with E-state index < -0.39 is 5.82 Å². The van der Waals surface area contributed by atoms with Gasteiger partial charge in [-0.25, -0.2) is 4.39 Å². The molecule has 0 radical (unpaired) electrons. The predicted molar refractivity (Wildman–Crippen MR) is 70.8 cm³/mol. The van der Waals surface area contributed by atoms with E-state index in [1.54, 1.807) is 12.1 Å². The molecule has 0 aliphatic carbocycles. The Hall–Kier alpha value is -1.40. The van der Waals surface area contributed by atoms with E-state index in [-0.39, 0.29) is 11.6 Å². The number of benzene rings is 1. The number of nitrogen functional groups attached to an aromatic ring is 1. The van der Waals surface area contributed by atoms with Crippen molar-refractivity contribution < 1.29 is 9.18 Å². The lowest BCUT2D eigenvalue weighted by molar-refractivity contribution is 0.103. The molecule has 0 saturated carbocycles. The molecule has 0 bridgehead atoms. The average Bonchev–Trinajstić information content (AvgIpc) is 2.70. The molecule has 3 N–H and O–H groups in total. The lowest BCUT2D eigenvalue weighted by atomic mass is 10.2. The van der Waals surface area contributed by atoms with Gasteiger partial charge in [-0.3, -0.25) is 4.79 Å². The van der Waals surface area contributed by atoms with E-state index in [1.165, 1.54) is 29.5 Å². The highest BCUT2D eigenvalue weighted by Crippen LogP contribution is 2.24. The minimum Gasteiger partial charge on any atom is -0.397 e. The number of thiophene rings is 1. The standard InChI is InChI=1S/C11H8BrFN2OS/c12-10-4-3-9(17-10)11(16)15-8-5-6(13)1-2-7(8)14/h1-5H,14H2,(H,15,16). The Balaban J connectivity index is 2.21. The number of hydrogen-bond donors (Lipinski definition) is 2. The highest BCUT2D eigenvalue weighted by Gasteiger charge is 2.10. The quantitative estimate of drug-likeness (QED) is 0.834. The van der Waals surface area contributed by atoms with Crippen LogP contribution >= 0.6 is 27.3 Å². The Morgan fingerprint density at radius 2 is 2.12 bits per heavy atom. The van der Waals surface area contributed by atoms with E-state index in [9.17, 15) is 9.18 Å². The maximum Gasteiger partial charge on any atom is 0.265 e. The Kier molecular flexibility index (Phi) is 3.44. The molecule has 1 aromatic carbocycles. The maximum atomic E-state index is 13.0. The lowest BCUT2D eigenvalue weighted by Crippen LogP contribution is -2.11. The molecule has 0 aliphatic rings. The number of anilines is 2. The van der Waals surface area contributed by atoms with Crippen LogP contribution < -0.4 is 11.1 Å². The topological polar surface area (TPSA) is 55.1 Å². The van der Waals surface area contributed by atoms with E-state index in [0.717, 1.165) is 3.79 Å². The molecular formula is C11H8BrFN2OS. The minimum atomic E-state index is -0.443. The van der Waals surface area contributed by atoms with E-state index in [4.69, 9.17) is 5.73 Å². The van der Waals surface area contributed by atoms with Crippen molar-refractivity contribution in [2.45, 2.75) is 0 Å². The van der Waals surface area contributed by atoms with Gasteiger partial charge in [0.05, 0.1) is 20.0 Å². The first-order valence-electron chi connectivity index (χ1n) is 4.68. The summed E-state index contributed by atoms with van der Waals surface area (Å²) < 4.78 is 13.8. The van der Waals surface area contributed by atoms with Gasteiger partial charge in [0.25, 0.3) is 5.91 Å². The molecule has 17 heavy (non-hydrogen) atoms. The van der Waals surface area contributed by atoms with Gasteiger partial charge in [0.15, 0.2) is 0 Å². The van der Waals surface area contributed by atoms with Crippen molar-refractivity contribution in [3.63, 3.8) is 0 Å². The molecule has 2 aromatic rings. The maximum absolute atomic E-state index is 13.0. The van der Waals surface area contributed by atoms with Crippen LogP contribution in [-0.2, 0) is 0 Å². The first-order valence-corrected chi connectivity index (χ1v) is 6.29. The number of carbonyl (C=O) groups is 1. The second kappa shape index (κ2) is 4.85. The summed E-state index contributed by atoms with van der Waals surface area (Å²) in [5.74, 6) is -0.750. The van der Waals surface area contributed by atoms with Crippen molar-refractivity contribution in [3.8, 4) is 0 Å². The zero-order valence-electron chi connectivity index (χ0n) is 8.54. The van der Waals surface area contributed by atoms with Crippen LogP contribution in [0.15, 0.2) is 34.1 Å². The Bertz CT molecular complexity index is 570. The summed E-state index contributed by atoms with van der Waals surface area (Å²) in [7, 11) is 0. The first kappa shape index (κ1) is 12.1. The van der Waals surface area contributed by atoms with Crippen molar-refractivity contribution in [2.75, 3.05) is 11.1 Å². The molecule has 0 unspecified atom stereocenters. The van der Waals surface area contributed by atoms with Gasteiger partial charge in [-0.1, -0.05) is 0 Å². The number of rotatable bonds is 2. The van der Waals surface area contributed by atoms with Crippen LogP contribution in [0.25, 0.3) is 0 Å². The van der Waals surface area contributed by atoms with Gasteiger partial charge in [-0.05, 0) is 46.3 Å². The van der Waals surface area contributed by atoms with E-state index in [0.29, 0.717) is 10.6 Å². The second-order valence-corrected chi connectivity index (χ2v) is 5.75. The number of hydrogen-bond acceptors (Lipinski definition) is 3. The highest BCUT2D eigenvalue weighted by molar-refractivity contribution is 9.11. The Labute approximate surface area is 110 Å². The van der Waals surface area contributed by atoms with Crippen LogP contribution in [0.1, 0.15) is 9.67 Å². The number of carbonyl (C=O) groups excluding carboxylic acids is 1. The van der Waals surface area contributed by atoms with Crippen LogP contribution in [0.4, 0.5) is 15.8 Å². The molecule has 0 fully saturated rings. The third-order valence-electron chi connectivity index (χ3n) is 2.06. The largest absolute Gasteiger partial charge is 0.397 e. The van der Waals surface area contributed by atoms with Crippen molar-refractivity contribution in [1.82, 2.24) is 0 Å². The van der Waals surface area contributed by atoms with Gasteiger partial charge >= 0.3 is 0 Å². The van der Waals surface area contributed by atoms with Crippen LogP contribution in [0, 0.1) is 5.82 Å². The van der Waals surface area contributed by atoms with Crippen molar-refractivity contribution in [2.24, 2.45) is 0 Å². The zero-order valence-corrected chi connectivity index (χ0v) is 10.9. The molecular weight excluding hydrogens is 307 g/mol. The molecule has 1 amide bonds. The monoisotopic (exact) mass is 314 g/mol. The first-order chi connectivity index (χ1) is 8.06. The fraction of sp³-hybridized carbons (Fsp3) is 0. The van der Waals surface area contributed by atoms with Gasteiger partial charge in [0.2, 0.25) is 0 Å². The van der Waals surface area contributed by atoms with E-state index >= 15 is 0 Å².